The number of aromatic nitrogens is 2. The summed E-state index contributed by atoms with van der Waals surface area (Å²) < 4.78 is 0. The van der Waals surface area contributed by atoms with Gasteiger partial charge in [-0.05, 0) is 25.1 Å². The van der Waals surface area contributed by atoms with Crippen molar-refractivity contribution in [3.05, 3.63) is 45.7 Å². The van der Waals surface area contributed by atoms with Crippen LogP contribution in [0.15, 0.2) is 24.3 Å². The second-order valence-corrected chi connectivity index (χ2v) is 4.53. The van der Waals surface area contributed by atoms with Crippen molar-refractivity contribution in [1.29, 1.82) is 0 Å². The van der Waals surface area contributed by atoms with Crippen molar-refractivity contribution < 1.29 is 9.90 Å². The van der Waals surface area contributed by atoms with Gasteiger partial charge in [-0.1, -0.05) is 29.3 Å². The Morgan fingerprint density at radius 2 is 2.05 bits per heavy atom. The summed E-state index contributed by atoms with van der Waals surface area (Å²) in [5.74, 6) is -0.965. The summed E-state index contributed by atoms with van der Waals surface area (Å²) in [5, 5.41) is 12.5. The molecule has 0 spiro atoms. The normalized spacial score (nSPS) is 10.3. The monoisotopic (exact) mass is 297 g/mol. The van der Waals surface area contributed by atoms with Crippen LogP contribution < -0.4 is 5.32 Å². The van der Waals surface area contributed by atoms with Crippen molar-refractivity contribution >= 4 is 40.8 Å². The molecular formula is C12H9Cl2N3O2. The Labute approximate surface area is 119 Å². The Morgan fingerprint density at radius 1 is 1.32 bits per heavy atom. The fourth-order valence-electron chi connectivity index (χ4n) is 1.45. The zero-order chi connectivity index (χ0) is 14.0. The first-order valence-corrected chi connectivity index (χ1v) is 6.03. The third-order valence-electron chi connectivity index (χ3n) is 2.27. The number of nitrogens with zero attached hydrogens (tertiary/aromatic N) is 2. The fourth-order valence-corrected chi connectivity index (χ4v) is 1.80. The highest BCUT2D eigenvalue weighted by molar-refractivity contribution is 6.43. The molecule has 2 rings (SSSR count). The minimum absolute atomic E-state index is 0.0897. The van der Waals surface area contributed by atoms with Gasteiger partial charge in [-0.15, -0.1) is 0 Å². The van der Waals surface area contributed by atoms with E-state index in [1.807, 2.05) is 0 Å². The first kappa shape index (κ1) is 13.6. The molecule has 0 aliphatic rings. The molecule has 0 fully saturated rings. The van der Waals surface area contributed by atoms with Gasteiger partial charge in [0.05, 0.1) is 15.7 Å². The molecule has 0 saturated heterocycles. The summed E-state index contributed by atoms with van der Waals surface area (Å²) in [6.07, 6.45) is 0. The van der Waals surface area contributed by atoms with Gasteiger partial charge < -0.3 is 10.4 Å². The molecule has 0 radical (unpaired) electrons. The first-order chi connectivity index (χ1) is 8.97. The van der Waals surface area contributed by atoms with E-state index >= 15 is 0 Å². The second-order valence-electron chi connectivity index (χ2n) is 3.75. The fraction of sp³-hybridized carbons (Fsp3) is 0.0833. The van der Waals surface area contributed by atoms with Crippen molar-refractivity contribution in [2.45, 2.75) is 6.92 Å². The number of carboxylic acid groups (broad SMARTS) is 1. The molecule has 0 bridgehead atoms. The Morgan fingerprint density at radius 3 is 2.74 bits per heavy atom. The Kier molecular flexibility index (Phi) is 3.87. The lowest BCUT2D eigenvalue weighted by Crippen LogP contribution is -2.06. The number of rotatable bonds is 3. The van der Waals surface area contributed by atoms with E-state index in [0.29, 0.717) is 21.4 Å². The molecule has 0 aliphatic heterocycles. The summed E-state index contributed by atoms with van der Waals surface area (Å²) >= 11 is 11.9. The highest BCUT2D eigenvalue weighted by Gasteiger charge is 2.10. The highest BCUT2D eigenvalue weighted by Crippen LogP contribution is 2.30. The summed E-state index contributed by atoms with van der Waals surface area (Å²) in [4.78, 5) is 18.9. The summed E-state index contributed by atoms with van der Waals surface area (Å²) in [6, 6.07) is 6.44. The van der Waals surface area contributed by atoms with E-state index in [1.165, 1.54) is 6.07 Å². The maximum atomic E-state index is 10.9. The van der Waals surface area contributed by atoms with E-state index in [4.69, 9.17) is 28.3 Å². The molecule has 7 heteroatoms. The van der Waals surface area contributed by atoms with Crippen molar-refractivity contribution in [3.63, 3.8) is 0 Å². The van der Waals surface area contributed by atoms with E-state index in [0.717, 1.165) is 0 Å². The summed E-state index contributed by atoms with van der Waals surface area (Å²) in [5.41, 5.74) is 0.956. The zero-order valence-electron chi connectivity index (χ0n) is 9.82. The standard InChI is InChI=1S/C12H9Cl2N3O2/c1-6-5-9(11(18)19)17-12(15-6)16-8-4-2-3-7(13)10(8)14/h2-5H,1H3,(H,18,19)(H,15,16,17). The molecule has 19 heavy (non-hydrogen) atoms. The summed E-state index contributed by atoms with van der Waals surface area (Å²) in [7, 11) is 0. The maximum Gasteiger partial charge on any atom is 0.354 e. The van der Waals surface area contributed by atoms with Crippen LogP contribution >= 0.6 is 23.2 Å². The van der Waals surface area contributed by atoms with Gasteiger partial charge in [0.2, 0.25) is 5.95 Å². The lowest BCUT2D eigenvalue weighted by atomic mass is 10.3. The molecule has 1 aromatic heterocycles. The smallest absolute Gasteiger partial charge is 0.354 e. The SMILES string of the molecule is Cc1cc(C(=O)O)nc(Nc2cccc(Cl)c2Cl)n1. The number of hydrogen-bond acceptors (Lipinski definition) is 4. The minimum Gasteiger partial charge on any atom is -0.477 e. The number of halogens is 2. The molecule has 0 unspecified atom stereocenters. The quantitative estimate of drug-likeness (QED) is 0.906. The number of hydrogen-bond donors (Lipinski definition) is 2. The van der Waals surface area contributed by atoms with Gasteiger partial charge in [-0.2, -0.15) is 0 Å². The number of anilines is 2. The molecule has 0 amide bonds. The minimum atomic E-state index is -1.12. The Balaban J connectivity index is 2.38. The Bertz CT molecular complexity index is 647. The van der Waals surface area contributed by atoms with Crippen molar-refractivity contribution in [2.24, 2.45) is 0 Å². The van der Waals surface area contributed by atoms with Crippen LogP contribution in [0.25, 0.3) is 0 Å². The van der Waals surface area contributed by atoms with Crippen LogP contribution in [0.2, 0.25) is 10.0 Å². The van der Waals surface area contributed by atoms with Gasteiger partial charge in [0, 0.05) is 5.69 Å². The topological polar surface area (TPSA) is 75.1 Å². The highest BCUT2D eigenvalue weighted by atomic mass is 35.5. The van der Waals surface area contributed by atoms with Crippen LogP contribution in [0.5, 0.6) is 0 Å². The zero-order valence-corrected chi connectivity index (χ0v) is 11.3. The maximum absolute atomic E-state index is 10.9. The van der Waals surface area contributed by atoms with E-state index in [9.17, 15) is 4.79 Å². The van der Waals surface area contributed by atoms with Crippen molar-refractivity contribution in [3.8, 4) is 0 Å². The third-order valence-corrected chi connectivity index (χ3v) is 3.09. The average Bonchev–Trinajstić information content (AvgIpc) is 2.34. The Hall–Kier alpha value is -1.85. The van der Waals surface area contributed by atoms with Crippen LogP contribution in [0, 0.1) is 6.92 Å². The van der Waals surface area contributed by atoms with E-state index in [1.54, 1.807) is 25.1 Å². The molecule has 0 atom stereocenters. The van der Waals surface area contributed by atoms with Crippen LogP contribution in [0.3, 0.4) is 0 Å². The van der Waals surface area contributed by atoms with E-state index in [-0.39, 0.29) is 11.6 Å². The third kappa shape index (κ3) is 3.13. The van der Waals surface area contributed by atoms with Gasteiger partial charge in [-0.25, -0.2) is 14.8 Å². The number of nitrogens with one attached hydrogen (secondary N) is 1. The molecule has 2 aromatic rings. The average molecular weight is 298 g/mol. The van der Waals surface area contributed by atoms with Crippen LogP contribution in [0.1, 0.15) is 16.2 Å². The number of aromatic carboxylic acids is 1. The lowest BCUT2D eigenvalue weighted by Gasteiger charge is -2.08. The van der Waals surface area contributed by atoms with Crippen LogP contribution in [-0.2, 0) is 0 Å². The number of benzene rings is 1. The van der Waals surface area contributed by atoms with Crippen LogP contribution in [-0.4, -0.2) is 21.0 Å². The molecule has 2 N–H and O–H groups in total. The second kappa shape index (κ2) is 5.42. The number of carbonyl (C=O) groups is 1. The molecule has 5 nitrogen and oxygen atoms in total. The van der Waals surface area contributed by atoms with Crippen LogP contribution in [0.4, 0.5) is 11.6 Å². The van der Waals surface area contributed by atoms with E-state index < -0.39 is 5.97 Å². The molecule has 0 saturated carbocycles. The van der Waals surface area contributed by atoms with Crippen molar-refractivity contribution in [1.82, 2.24) is 9.97 Å². The van der Waals surface area contributed by atoms with Gasteiger partial charge in [0.1, 0.15) is 0 Å². The molecule has 1 heterocycles. The molecule has 1 aromatic carbocycles. The lowest BCUT2D eigenvalue weighted by molar-refractivity contribution is 0.0690. The predicted molar refractivity (Wildman–Crippen MR) is 73.5 cm³/mol. The predicted octanol–water partition coefficient (Wildman–Crippen LogP) is 3.53. The van der Waals surface area contributed by atoms with Gasteiger partial charge in [0.15, 0.2) is 5.69 Å². The molecule has 0 aliphatic carbocycles. The first-order valence-electron chi connectivity index (χ1n) is 5.27. The largest absolute Gasteiger partial charge is 0.477 e. The molecule has 98 valence electrons. The summed E-state index contributed by atoms with van der Waals surface area (Å²) in [6.45, 7) is 1.68. The van der Waals surface area contributed by atoms with Crippen molar-refractivity contribution in [2.75, 3.05) is 5.32 Å². The van der Waals surface area contributed by atoms with Gasteiger partial charge in [0.25, 0.3) is 0 Å². The van der Waals surface area contributed by atoms with Gasteiger partial charge >= 0.3 is 5.97 Å². The molecular weight excluding hydrogens is 289 g/mol. The number of aryl methyl sites for hydroxylation is 1. The number of carboxylic acids is 1. The van der Waals surface area contributed by atoms with E-state index in [2.05, 4.69) is 15.3 Å². The van der Waals surface area contributed by atoms with Gasteiger partial charge in [-0.3, -0.25) is 0 Å².